The average Bonchev–Trinajstić information content (AvgIpc) is 2.75. The highest BCUT2D eigenvalue weighted by atomic mass is 35.5. The number of likely N-dealkylation sites (N-methyl/N-ethyl adjacent to an activating group) is 1. The molecule has 2 aromatic rings. The van der Waals surface area contributed by atoms with Gasteiger partial charge in [0.2, 0.25) is 11.8 Å². The van der Waals surface area contributed by atoms with Crippen LogP contribution in [0.1, 0.15) is 24.5 Å². The van der Waals surface area contributed by atoms with Gasteiger partial charge in [-0.2, -0.15) is 0 Å². The van der Waals surface area contributed by atoms with E-state index in [1.54, 1.807) is 52.5 Å². The lowest BCUT2D eigenvalue weighted by atomic mass is 10.1. The fourth-order valence-electron chi connectivity index (χ4n) is 3.06. The first-order valence-corrected chi connectivity index (χ1v) is 10.2. The van der Waals surface area contributed by atoms with Crippen molar-refractivity contribution in [3.8, 4) is 11.5 Å². The van der Waals surface area contributed by atoms with Gasteiger partial charge < -0.3 is 19.7 Å². The van der Waals surface area contributed by atoms with Crippen molar-refractivity contribution in [2.75, 3.05) is 21.3 Å². The van der Waals surface area contributed by atoms with Crippen LogP contribution in [-0.4, -0.2) is 44.0 Å². The van der Waals surface area contributed by atoms with Crippen LogP contribution >= 0.6 is 23.2 Å². The van der Waals surface area contributed by atoms with Crippen LogP contribution in [0.3, 0.4) is 0 Å². The molecule has 2 aromatic carbocycles. The SMILES string of the molecule is CNC(=O)[C@H](C)N(Cc1ccc(Cl)cc1Cl)C(=O)CCc1ccc(OC)c(OC)c1. The number of carbonyl (C=O) groups excluding carboxylic acids is 2. The van der Waals surface area contributed by atoms with Crippen molar-refractivity contribution < 1.29 is 19.1 Å². The van der Waals surface area contributed by atoms with Gasteiger partial charge in [-0.25, -0.2) is 0 Å². The predicted octanol–water partition coefficient (Wildman–Crippen LogP) is 4.11. The van der Waals surface area contributed by atoms with Crippen LogP contribution in [0.2, 0.25) is 10.0 Å². The minimum atomic E-state index is -0.653. The second kappa shape index (κ2) is 11.1. The first-order valence-electron chi connectivity index (χ1n) is 9.46. The maximum Gasteiger partial charge on any atom is 0.242 e. The third kappa shape index (κ3) is 6.03. The minimum absolute atomic E-state index is 0.160. The van der Waals surface area contributed by atoms with Crippen molar-refractivity contribution >= 4 is 35.0 Å². The molecule has 0 radical (unpaired) electrons. The first kappa shape index (κ1) is 23.8. The van der Waals surface area contributed by atoms with Crippen molar-refractivity contribution in [1.82, 2.24) is 10.2 Å². The number of hydrogen-bond acceptors (Lipinski definition) is 4. The highest BCUT2D eigenvalue weighted by Crippen LogP contribution is 2.28. The molecule has 0 spiro atoms. The fraction of sp³-hybridized carbons (Fsp3) is 0.364. The van der Waals surface area contributed by atoms with E-state index in [1.807, 2.05) is 12.1 Å². The molecule has 1 N–H and O–H groups in total. The van der Waals surface area contributed by atoms with E-state index in [1.165, 1.54) is 4.90 Å². The fourth-order valence-corrected chi connectivity index (χ4v) is 3.52. The summed E-state index contributed by atoms with van der Waals surface area (Å²) in [6, 6.07) is 9.97. The number of methoxy groups -OCH3 is 2. The highest BCUT2D eigenvalue weighted by Gasteiger charge is 2.26. The summed E-state index contributed by atoms with van der Waals surface area (Å²) in [5.41, 5.74) is 1.65. The molecule has 0 saturated carbocycles. The molecule has 8 heteroatoms. The Morgan fingerprint density at radius 3 is 2.37 bits per heavy atom. The van der Waals surface area contributed by atoms with E-state index in [4.69, 9.17) is 32.7 Å². The summed E-state index contributed by atoms with van der Waals surface area (Å²) in [6.45, 7) is 1.90. The van der Waals surface area contributed by atoms with Gasteiger partial charge in [-0.3, -0.25) is 9.59 Å². The first-order chi connectivity index (χ1) is 14.3. The number of hydrogen-bond donors (Lipinski definition) is 1. The molecule has 0 aromatic heterocycles. The number of aryl methyl sites for hydroxylation is 1. The van der Waals surface area contributed by atoms with Crippen LogP contribution in [0.25, 0.3) is 0 Å². The number of ether oxygens (including phenoxy) is 2. The molecule has 0 bridgehead atoms. The van der Waals surface area contributed by atoms with Crippen molar-refractivity contribution in [3.05, 3.63) is 57.6 Å². The van der Waals surface area contributed by atoms with Crippen LogP contribution < -0.4 is 14.8 Å². The summed E-state index contributed by atoms with van der Waals surface area (Å²) < 4.78 is 10.6. The molecule has 1 atom stereocenters. The zero-order valence-corrected chi connectivity index (χ0v) is 19.0. The molecule has 0 aliphatic heterocycles. The lowest BCUT2D eigenvalue weighted by molar-refractivity contribution is -0.140. The van der Waals surface area contributed by atoms with E-state index >= 15 is 0 Å². The van der Waals surface area contributed by atoms with Gasteiger partial charge in [0.15, 0.2) is 11.5 Å². The van der Waals surface area contributed by atoms with Gasteiger partial charge in [-0.15, -0.1) is 0 Å². The van der Waals surface area contributed by atoms with Crippen molar-refractivity contribution in [2.24, 2.45) is 0 Å². The number of rotatable bonds is 9. The molecule has 30 heavy (non-hydrogen) atoms. The van der Waals surface area contributed by atoms with E-state index in [0.29, 0.717) is 28.0 Å². The van der Waals surface area contributed by atoms with E-state index in [9.17, 15) is 9.59 Å². The van der Waals surface area contributed by atoms with Crippen molar-refractivity contribution in [3.63, 3.8) is 0 Å². The van der Waals surface area contributed by atoms with Gasteiger partial charge in [-0.05, 0) is 48.7 Å². The van der Waals surface area contributed by atoms with Gasteiger partial charge in [0.05, 0.1) is 14.2 Å². The van der Waals surface area contributed by atoms with E-state index in [0.717, 1.165) is 11.1 Å². The van der Waals surface area contributed by atoms with Gasteiger partial charge in [-0.1, -0.05) is 35.3 Å². The van der Waals surface area contributed by atoms with Gasteiger partial charge in [0.25, 0.3) is 0 Å². The Morgan fingerprint density at radius 2 is 1.77 bits per heavy atom. The molecule has 0 aliphatic carbocycles. The summed E-state index contributed by atoms with van der Waals surface area (Å²) >= 11 is 12.2. The second-order valence-corrected chi connectivity index (χ2v) is 7.58. The molecular formula is C22H26Cl2N2O4. The summed E-state index contributed by atoms with van der Waals surface area (Å²) in [5, 5.41) is 3.55. The maximum atomic E-state index is 13.1. The third-order valence-corrected chi connectivity index (χ3v) is 5.43. The molecule has 0 unspecified atom stereocenters. The quantitative estimate of drug-likeness (QED) is 0.621. The second-order valence-electron chi connectivity index (χ2n) is 6.74. The van der Waals surface area contributed by atoms with Crippen LogP contribution in [0.4, 0.5) is 0 Å². The average molecular weight is 453 g/mol. The number of carbonyl (C=O) groups is 2. The Morgan fingerprint density at radius 1 is 1.07 bits per heavy atom. The normalized spacial score (nSPS) is 11.5. The molecule has 0 heterocycles. The summed E-state index contributed by atoms with van der Waals surface area (Å²) in [5.74, 6) is 0.817. The third-order valence-electron chi connectivity index (χ3n) is 4.84. The number of benzene rings is 2. The number of amides is 2. The number of halogens is 2. The topological polar surface area (TPSA) is 67.9 Å². The predicted molar refractivity (Wildman–Crippen MR) is 118 cm³/mol. The van der Waals surface area contributed by atoms with Crippen LogP contribution in [0.15, 0.2) is 36.4 Å². The highest BCUT2D eigenvalue weighted by molar-refractivity contribution is 6.35. The molecule has 0 fully saturated rings. The Kier molecular flexibility index (Phi) is 8.81. The summed E-state index contributed by atoms with van der Waals surface area (Å²) in [6.07, 6.45) is 0.715. The molecule has 2 amide bonds. The van der Waals surface area contributed by atoms with Crippen molar-refractivity contribution in [2.45, 2.75) is 32.4 Å². The minimum Gasteiger partial charge on any atom is -0.493 e. The lowest BCUT2D eigenvalue weighted by Crippen LogP contribution is -2.46. The maximum absolute atomic E-state index is 13.1. The van der Waals surface area contributed by atoms with E-state index in [-0.39, 0.29) is 24.8 Å². The van der Waals surface area contributed by atoms with Gasteiger partial charge in [0.1, 0.15) is 6.04 Å². The van der Waals surface area contributed by atoms with Gasteiger partial charge in [0, 0.05) is 30.1 Å². The Hall–Kier alpha value is -2.44. The molecule has 2 rings (SSSR count). The monoisotopic (exact) mass is 452 g/mol. The molecular weight excluding hydrogens is 427 g/mol. The standard InChI is InChI=1S/C22H26Cl2N2O4/c1-14(22(28)25-2)26(13-16-7-8-17(23)12-18(16)24)21(27)10-6-15-5-9-19(29-3)20(11-15)30-4/h5,7-9,11-12,14H,6,10,13H2,1-4H3,(H,25,28)/t14-/m0/s1. The van der Waals surface area contributed by atoms with E-state index < -0.39 is 6.04 Å². The van der Waals surface area contributed by atoms with E-state index in [2.05, 4.69) is 5.32 Å². The van der Waals surface area contributed by atoms with Crippen LogP contribution in [0.5, 0.6) is 11.5 Å². The van der Waals surface area contributed by atoms with Gasteiger partial charge >= 0.3 is 0 Å². The smallest absolute Gasteiger partial charge is 0.242 e. The van der Waals surface area contributed by atoms with Crippen LogP contribution in [0, 0.1) is 0 Å². The molecule has 6 nitrogen and oxygen atoms in total. The number of nitrogens with one attached hydrogen (secondary N) is 1. The van der Waals surface area contributed by atoms with Crippen LogP contribution in [-0.2, 0) is 22.6 Å². The zero-order valence-electron chi connectivity index (χ0n) is 17.5. The summed E-state index contributed by atoms with van der Waals surface area (Å²) in [7, 11) is 4.68. The zero-order chi connectivity index (χ0) is 22.3. The van der Waals surface area contributed by atoms with Crippen molar-refractivity contribution in [1.29, 1.82) is 0 Å². The lowest BCUT2D eigenvalue weighted by Gasteiger charge is -2.29. The largest absolute Gasteiger partial charge is 0.493 e. The Balaban J connectivity index is 2.19. The Bertz CT molecular complexity index is 905. The Labute approximate surface area is 187 Å². The number of nitrogens with zero attached hydrogens (tertiary/aromatic N) is 1. The summed E-state index contributed by atoms with van der Waals surface area (Å²) in [4.78, 5) is 26.8. The molecule has 0 aliphatic rings. The molecule has 162 valence electrons. The molecule has 0 saturated heterocycles.